The van der Waals surface area contributed by atoms with Crippen LogP contribution in [-0.4, -0.2) is 0 Å². The summed E-state index contributed by atoms with van der Waals surface area (Å²) in [5.41, 5.74) is 7.42. The number of nitrogens with one attached hydrogen (secondary N) is 1. The zero-order chi connectivity index (χ0) is 14.0. The molecule has 2 aromatic rings. The summed E-state index contributed by atoms with van der Waals surface area (Å²) in [4.78, 5) is 0. The van der Waals surface area contributed by atoms with Gasteiger partial charge in [0.2, 0.25) is 0 Å². The number of benzene rings is 2. The van der Waals surface area contributed by atoms with Crippen molar-refractivity contribution < 1.29 is 4.39 Å². The van der Waals surface area contributed by atoms with Crippen molar-refractivity contribution in [3.05, 3.63) is 70.0 Å². The summed E-state index contributed by atoms with van der Waals surface area (Å²) in [6.45, 7) is 5.89. The minimum absolute atomic E-state index is 0.233. The van der Waals surface area contributed by atoms with E-state index in [4.69, 9.17) is 5.84 Å². The molecule has 0 aliphatic heterocycles. The molecule has 2 aromatic carbocycles. The van der Waals surface area contributed by atoms with Gasteiger partial charge in [0.25, 0.3) is 0 Å². The lowest BCUT2D eigenvalue weighted by molar-refractivity contribution is 0.558. The van der Waals surface area contributed by atoms with Crippen molar-refractivity contribution >= 4 is 0 Å². The first-order valence-electron chi connectivity index (χ1n) is 6.32. The first-order chi connectivity index (χ1) is 9.02. The predicted octanol–water partition coefficient (Wildman–Crippen LogP) is 3.30. The number of halogens is 1. The van der Waals surface area contributed by atoms with Crippen LogP contribution in [0.1, 0.15) is 33.9 Å². The van der Waals surface area contributed by atoms with Crippen LogP contribution in [-0.2, 0) is 0 Å². The molecule has 0 spiro atoms. The standard InChI is InChI=1S/C16H19FN2/c1-10-4-6-12(3)14(8-10)16(19-18)13-7-5-11(2)9-15(13)17/h4-9,16,19H,18H2,1-3H3. The number of nitrogens with two attached hydrogens (primary N) is 1. The Morgan fingerprint density at radius 1 is 0.947 bits per heavy atom. The highest BCUT2D eigenvalue weighted by atomic mass is 19.1. The lowest BCUT2D eigenvalue weighted by atomic mass is 9.93. The van der Waals surface area contributed by atoms with Crippen LogP contribution < -0.4 is 11.3 Å². The lowest BCUT2D eigenvalue weighted by Gasteiger charge is -2.20. The van der Waals surface area contributed by atoms with Gasteiger partial charge in [0.05, 0.1) is 6.04 Å². The zero-order valence-electron chi connectivity index (χ0n) is 11.5. The third kappa shape index (κ3) is 2.83. The van der Waals surface area contributed by atoms with E-state index in [0.29, 0.717) is 5.56 Å². The van der Waals surface area contributed by atoms with Crippen LogP contribution in [0.5, 0.6) is 0 Å². The second-order valence-corrected chi connectivity index (χ2v) is 4.98. The van der Waals surface area contributed by atoms with Gasteiger partial charge < -0.3 is 0 Å². The second-order valence-electron chi connectivity index (χ2n) is 4.98. The third-order valence-electron chi connectivity index (χ3n) is 3.38. The van der Waals surface area contributed by atoms with Crippen molar-refractivity contribution in [3.8, 4) is 0 Å². The number of hydrazine groups is 1. The van der Waals surface area contributed by atoms with E-state index in [0.717, 1.165) is 22.3 Å². The summed E-state index contributed by atoms with van der Waals surface area (Å²) in [6, 6.07) is 11.0. The van der Waals surface area contributed by atoms with E-state index >= 15 is 0 Å². The molecule has 0 amide bonds. The summed E-state index contributed by atoms with van der Waals surface area (Å²) in [5, 5.41) is 0. The van der Waals surface area contributed by atoms with E-state index in [9.17, 15) is 4.39 Å². The average molecular weight is 258 g/mol. The molecule has 100 valence electrons. The first kappa shape index (κ1) is 13.7. The molecule has 3 heteroatoms. The summed E-state index contributed by atoms with van der Waals surface area (Å²) >= 11 is 0. The Morgan fingerprint density at radius 3 is 2.21 bits per heavy atom. The Morgan fingerprint density at radius 2 is 1.58 bits per heavy atom. The fourth-order valence-electron chi connectivity index (χ4n) is 2.28. The van der Waals surface area contributed by atoms with Gasteiger partial charge in [0.1, 0.15) is 5.82 Å². The highest BCUT2D eigenvalue weighted by molar-refractivity contribution is 5.40. The van der Waals surface area contributed by atoms with Crippen LogP contribution >= 0.6 is 0 Å². The van der Waals surface area contributed by atoms with Crippen molar-refractivity contribution in [1.82, 2.24) is 5.43 Å². The van der Waals surface area contributed by atoms with Crippen molar-refractivity contribution in [2.45, 2.75) is 26.8 Å². The normalized spacial score (nSPS) is 12.5. The van der Waals surface area contributed by atoms with E-state index in [2.05, 4.69) is 5.43 Å². The molecule has 1 unspecified atom stereocenters. The maximum atomic E-state index is 14.1. The van der Waals surface area contributed by atoms with E-state index in [1.165, 1.54) is 6.07 Å². The smallest absolute Gasteiger partial charge is 0.128 e. The molecule has 0 fully saturated rings. The number of hydrogen-bond acceptors (Lipinski definition) is 2. The quantitative estimate of drug-likeness (QED) is 0.655. The Bertz CT molecular complexity index is 593. The molecule has 1 atom stereocenters. The van der Waals surface area contributed by atoms with Crippen LogP contribution in [0.25, 0.3) is 0 Å². The van der Waals surface area contributed by atoms with Gasteiger partial charge >= 0.3 is 0 Å². The molecule has 19 heavy (non-hydrogen) atoms. The Kier molecular flexibility index (Phi) is 3.98. The number of aryl methyl sites for hydroxylation is 3. The van der Waals surface area contributed by atoms with Gasteiger partial charge in [-0.2, -0.15) is 0 Å². The Hall–Kier alpha value is -1.71. The summed E-state index contributed by atoms with van der Waals surface area (Å²) < 4.78 is 14.1. The number of hydrogen-bond donors (Lipinski definition) is 2. The molecule has 0 heterocycles. The van der Waals surface area contributed by atoms with Gasteiger partial charge in [-0.05, 0) is 43.5 Å². The van der Waals surface area contributed by atoms with E-state index in [1.807, 2.05) is 45.0 Å². The fraction of sp³-hybridized carbons (Fsp3) is 0.250. The summed E-state index contributed by atoms with van der Waals surface area (Å²) in [7, 11) is 0. The highest BCUT2D eigenvalue weighted by Gasteiger charge is 2.18. The molecule has 0 saturated heterocycles. The highest BCUT2D eigenvalue weighted by Crippen LogP contribution is 2.27. The van der Waals surface area contributed by atoms with Crippen molar-refractivity contribution in [2.75, 3.05) is 0 Å². The maximum Gasteiger partial charge on any atom is 0.128 e. The Labute approximate surface area is 113 Å². The third-order valence-corrected chi connectivity index (χ3v) is 3.38. The van der Waals surface area contributed by atoms with Gasteiger partial charge in [0.15, 0.2) is 0 Å². The van der Waals surface area contributed by atoms with Gasteiger partial charge in [-0.15, -0.1) is 0 Å². The van der Waals surface area contributed by atoms with Crippen molar-refractivity contribution in [2.24, 2.45) is 5.84 Å². The molecule has 0 aliphatic rings. The molecule has 0 saturated carbocycles. The van der Waals surface area contributed by atoms with E-state index in [1.54, 1.807) is 6.07 Å². The maximum absolute atomic E-state index is 14.1. The SMILES string of the molecule is Cc1ccc(C(NN)c2cc(C)ccc2C)c(F)c1. The molecule has 2 nitrogen and oxygen atoms in total. The average Bonchev–Trinajstić information content (AvgIpc) is 2.36. The van der Waals surface area contributed by atoms with Gasteiger partial charge in [0, 0.05) is 5.56 Å². The monoisotopic (exact) mass is 258 g/mol. The van der Waals surface area contributed by atoms with E-state index < -0.39 is 0 Å². The molecule has 2 rings (SSSR count). The molecular formula is C16H19FN2. The summed E-state index contributed by atoms with van der Waals surface area (Å²) in [5.74, 6) is 5.41. The van der Waals surface area contributed by atoms with Crippen LogP contribution in [0.3, 0.4) is 0 Å². The van der Waals surface area contributed by atoms with Crippen molar-refractivity contribution in [3.63, 3.8) is 0 Å². The second kappa shape index (κ2) is 5.51. The lowest BCUT2D eigenvalue weighted by Crippen LogP contribution is -2.30. The van der Waals surface area contributed by atoms with Crippen LogP contribution in [0.15, 0.2) is 36.4 Å². The molecule has 3 N–H and O–H groups in total. The molecule has 0 radical (unpaired) electrons. The molecular weight excluding hydrogens is 239 g/mol. The Balaban J connectivity index is 2.52. The zero-order valence-corrected chi connectivity index (χ0v) is 11.5. The first-order valence-corrected chi connectivity index (χ1v) is 6.32. The minimum Gasteiger partial charge on any atom is -0.271 e. The largest absolute Gasteiger partial charge is 0.271 e. The van der Waals surface area contributed by atoms with E-state index in [-0.39, 0.29) is 11.9 Å². The van der Waals surface area contributed by atoms with Gasteiger partial charge in [-0.1, -0.05) is 35.9 Å². The topological polar surface area (TPSA) is 38.0 Å². The number of rotatable bonds is 3. The molecule has 0 bridgehead atoms. The van der Waals surface area contributed by atoms with Crippen molar-refractivity contribution in [1.29, 1.82) is 0 Å². The van der Waals surface area contributed by atoms with Crippen LogP contribution in [0.2, 0.25) is 0 Å². The predicted molar refractivity (Wildman–Crippen MR) is 76.2 cm³/mol. The van der Waals surface area contributed by atoms with Crippen LogP contribution in [0.4, 0.5) is 4.39 Å². The van der Waals surface area contributed by atoms with Crippen LogP contribution in [0, 0.1) is 26.6 Å². The van der Waals surface area contributed by atoms with Gasteiger partial charge in [-0.25, -0.2) is 9.82 Å². The fourth-order valence-corrected chi connectivity index (χ4v) is 2.28. The summed E-state index contributed by atoms with van der Waals surface area (Å²) in [6.07, 6.45) is 0. The molecule has 0 aromatic heterocycles. The van der Waals surface area contributed by atoms with Gasteiger partial charge in [-0.3, -0.25) is 5.84 Å². The molecule has 0 aliphatic carbocycles. The minimum atomic E-state index is -0.333.